The third-order valence-electron chi connectivity index (χ3n) is 2.60. The molecule has 0 atom stereocenters. The van der Waals surface area contributed by atoms with Crippen LogP contribution in [0.1, 0.15) is 5.56 Å². The molecule has 0 unspecified atom stereocenters. The Labute approximate surface area is 90.3 Å². The van der Waals surface area contributed by atoms with Crippen LogP contribution >= 0.6 is 0 Å². The third-order valence-corrected chi connectivity index (χ3v) is 2.60. The minimum atomic E-state index is -0.388. The van der Waals surface area contributed by atoms with Crippen molar-refractivity contribution in [3.8, 4) is 0 Å². The molecule has 4 heteroatoms. The van der Waals surface area contributed by atoms with Crippen molar-refractivity contribution in [3.63, 3.8) is 0 Å². The largest absolute Gasteiger partial charge is 0.464 e. The van der Waals surface area contributed by atoms with E-state index in [1.807, 2.05) is 12.1 Å². The highest BCUT2D eigenvalue weighted by atomic mass is 16.4. The number of furan rings is 1. The highest BCUT2D eigenvalue weighted by molar-refractivity contribution is 5.92. The first kappa shape index (κ1) is 9.18. The van der Waals surface area contributed by atoms with Gasteiger partial charge >= 0.3 is 5.63 Å². The number of benzene rings is 1. The zero-order chi connectivity index (χ0) is 11.1. The van der Waals surface area contributed by atoms with Crippen molar-refractivity contribution in [2.45, 2.75) is 6.54 Å². The topological polar surface area (TPSA) is 69.4 Å². The van der Waals surface area contributed by atoms with Crippen LogP contribution in [0.3, 0.4) is 0 Å². The number of hydrogen-bond donors (Lipinski definition) is 1. The van der Waals surface area contributed by atoms with Gasteiger partial charge in [0, 0.05) is 23.4 Å². The molecule has 80 valence electrons. The first-order chi connectivity index (χ1) is 7.78. The summed E-state index contributed by atoms with van der Waals surface area (Å²) in [5.74, 6) is 0. The van der Waals surface area contributed by atoms with E-state index in [4.69, 9.17) is 14.6 Å². The van der Waals surface area contributed by atoms with Crippen molar-refractivity contribution in [3.05, 3.63) is 46.5 Å². The molecule has 0 spiro atoms. The van der Waals surface area contributed by atoms with Crippen molar-refractivity contribution >= 4 is 21.9 Å². The van der Waals surface area contributed by atoms with E-state index in [0.717, 1.165) is 10.8 Å². The maximum absolute atomic E-state index is 11.5. The van der Waals surface area contributed by atoms with Crippen molar-refractivity contribution in [2.75, 3.05) is 0 Å². The fourth-order valence-corrected chi connectivity index (χ4v) is 1.76. The van der Waals surface area contributed by atoms with Gasteiger partial charge in [0.25, 0.3) is 0 Å². The lowest BCUT2D eigenvalue weighted by atomic mass is 10.1. The molecule has 2 aromatic heterocycles. The average molecular weight is 215 g/mol. The molecule has 1 aromatic carbocycles. The van der Waals surface area contributed by atoms with E-state index in [2.05, 4.69) is 0 Å². The quantitative estimate of drug-likeness (QED) is 0.630. The Morgan fingerprint density at radius 1 is 1.12 bits per heavy atom. The minimum absolute atomic E-state index is 0.182. The van der Waals surface area contributed by atoms with Crippen molar-refractivity contribution in [1.82, 2.24) is 0 Å². The summed E-state index contributed by atoms with van der Waals surface area (Å²) in [5.41, 5.74) is 6.77. The maximum atomic E-state index is 11.5. The van der Waals surface area contributed by atoms with Crippen LogP contribution in [0, 0.1) is 0 Å². The Bertz CT molecular complexity index is 724. The third kappa shape index (κ3) is 1.24. The zero-order valence-corrected chi connectivity index (χ0v) is 8.40. The SMILES string of the molecule is NCc1cc2cc3ccoc3cc2oc1=O. The van der Waals surface area contributed by atoms with Crippen LogP contribution in [0.4, 0.5) is 0 Å². The molecule has 0 aliphatic rings. The van der Waals surface area contributed by atoms with E-state index in [-0.39, 0.29) is 12.2 Å². The molecular weight excluding hydrogens is 206 g/mol. The highest BCUT2D eigenvalue weighted by Gasteiger charge is 2.06. The van der Waals surface area contributed by atoms with Gasteiger partial charge in [0.1, 0.15) is 11.2 Å². The van der Waals surface area contributed by atoms with E-state index in [9.17, 15) is 4.79 Å². The van der Waals surface area contributed by atoms with E-state index >= 15 is 0 Å². The number of hydrogen-bond acceptors (Lipinski definition) is 4. The van der Waals surface area contributed by atoms with Gasteiger partial charge in [-0.1, -0.05) is 0 Å². The highest BCUT2D eigenvalue weighted by Crippen LogP contribution is 2.23. The second-order valence-electron chi connectivity index (χ2n) is 3.61. The summed E-state index contributed by atoms with van der Waals surface area (Å²) in [5, 5.41) is 1.83. The Morgan fingerprint density at radius 2 is 2.00 bits per heavy atom. The summed E-state index contributed by atoms with van der Waals surface area (Å²) in [6.45, 7) is 0.182. The van der Waals surface area contributed by atoms with Crippen LogP contribution in [-0.4, -0.2) is 0 Å². The first-order valence-electron chi connectivity index (χ1n) is 4.92. The summed E-state index contributed by atoms with van der Waals surface area (Å²) in [4.78, 5) is 11.5. The van der Waals surface area contributed by atoms with Gasteiger partial charge in [0.05, 0.1) is 11.8 Å². The van der Waals surface area contributed by atoms with Crippen molar-refractivity contribution in [2.24, 2.45) is 5.73 Å². The summed E-state index contributed by atoms with van der Waals surface area (Å²) in [7, 11) is 0. The van der Waals surface area contributed by atoms with Crippen LogP contribution < -0.4 is 11.4 Å². The number of nitrogens with two attached hydrogens (primary N) is 1. The summed E-state index contributed by atoms with van der Waals surface area (Å²) < 4.78 is 10.4. The first-order valence-corrected chi connectivity index (χ1v) is 4.92. The maximum Gasteiger partial charge on any atom is 0.340 e. The van der Waals surface area contributed by atoms with Crippen molar-refractivity contribution in [1.29, 1.82) is 0 Å². The van der Waals surface area contributed by atoms with Gasteiger partial charge in [-0.25, -0.2) is 4.79 Å². The minimum Gasteiger partial charge on any atom is -0.464 e. The van der Waals surface area contributed by atoms with Crippen molar-refractivity contribution < 1.29 is 8.83 Å². The number of rotatable bonds is 1. The van der Waals surface area contributed by atoms with Gasteiger partial charge in [0.15, 0.2) is 0 Å². The molecule has 0 radical (unpaired) electrons. The molecule has 0 fully saturated rings. The Balaban J connectivity index is 2.45. The molecular formula is C12H9NO3. The fourth-order valence-electron chi connectivity index (χ4n) is 1.76. The van der Waals surface area contributed by atoms with E-state index < -0.39 is 0 Å². The second kappa shape index (κ2) is 3.21. The molecule has 0 aliphatic carbocycles. The van der Waals surface area contributed by atoms with Gasteiger partial charge in [-0.15, -0.1) is 0 Å². The molecule has 0 saturated carbocycles. The summed E-state index contributed by atoms with van der Waals surface area (Å²) in [6.07, 6.45) is 1.60. The number of fused-ring (bicyclic) bond motifs is 2. The predicted molar refractivity (Wildman–Crippen MR) is 60.1 cm³/mol. The summed E-state index contributed by atoms with van der Waals surface area (Å²) >= 11 is 0. The van der Waals surface area contributed by atoms with Crippen LogP contribution in [-0.2, 0) is 6.54 Å². The lowest BCUT2D eigenvalue weighted by Gasteiger charge is -1.99. The molecule has 2 heterocycles. The lowest BCUT2D eigenvalue weighted by molar-refractivity contribution is 0.549. The van der Waals surface area contributed by atoms with Crippen LogP contribution in [0.5, 0.6) is 0 Å². The molecule has 4 nitrogen and oxygen atoms in total. The molecule has 16 heavy (non-hydrogen) atoms. The standard InChI is InChI=1S/C12H9NO3/c13-6-9-4-8-3-7-1-2-15-10(7)5-11(8)16-12(9)14/h1-5H,6,13H2. The predicted octanol–water partition coefficient (Wildman–Crippen LogP) is 2.00. The lowest BCUT2D eigenvalue weighted by Crippen LogP contribution is -2.11. The van der Waals surface area contributed by atoms with E-state index in [0.29, 0.717) is 16.7 Å². The molecule has 3 aromatic rings. The molecule has 0 aliphatic heterocycles. The fraction of sp³-hybridized carbons (Fsp3) is 0.0833. The Kier molecular flexibility index (Phi) is 1.84. The van der Waals surface area contributed by atoms with Crippen LogP contribution in [0.25, 0.3) is 21.9 Å². The molecule has 3 rings (SSSR count). The zero-order valence-electron chi connectivity index (χ0n) is 8.40. The van der Waals surface area contributed by atoms with Gasteiger partial charge < -0.3 is 14.6 Å². The molecule has 2 N–H and O–H groups in total. The van der Waals surface area contributed by atoms with Gasteiger partial charge in [-0.2, -0.15) is 0 Å². The molecule has 0 bridgehead atoms. The van der Waals surface area contributed by atoms with E-state index in [1.165, 1.54) is 0 Å². The van der Waals surface area contributed by atoms with E-state index in [1.54, 1.807) is 18.4 Å². The van der Waals surface area contributed by atoms with Gasteiger partial charge in [-0.05, 0) is 18.2 Å². The average Bonchev–Trinajstić information content (AvgIpc) is 2.72. The smallest absolute Gasteiger partial charge is 0.340 e. The summed E-state index contributed by atoms with van der Waals surface area (Å²) in [6, 6.07) is 7.25. The van der Waals surface area contributed by atoms with Gasteiger partial charge in [0.2, 0.25) is 0 Å². The van der Waals surface area contributed by atoms with Crippen LogP contribution in [0.2, 0.25) is 0 Å². The molecule has 0 amide bonds. The normalized spacial score (nSPS) is 11.3. The van der Waals surface area contributed by atoms with Gasteiger partial charge in [-0.3, -0.25) is 0 Å². The monoisotopic (exact) mass is 215 g/mol. The second-order valence-corrected chi connectivity index (χ2v) is 3.61. The molecule has 0 saturated heterocycles. The Hall–Kier alpha value is -2.07. The Morgan fingerprint density at radius 3 is 2.81 bits per heavy atom. The van der Waals surface area contributed by atoms with Crippen LogP contribution in [0.15, 0.2) is 44.2 Å².